The van der Waals surface area contributed by atoms with Crippen LogP contribution in [0.3, 0.4) is 0 Å². The van der Waals surface area contributed by atoms with Gasteiger partial charge in [-0.05, 0) is 24.6 Å². The second-order valence-electron chi connectivity index (χ2n) is 5.38. The highest BCUT2D eigenvalue weighted by atomic mass is 16.2. The van der Waals surface area contributed by atoms with Crippen LogP contribution in [0.5, 0.6) is 0 Å². The normalized spacial score (nSPS) is 25.4. The molecule has 5 heteroatoms. The third-order valence-electron chi connectivity index (χ3n) is 3.58. The zero-order valence-corrected chi connectivity index (χ0v) is 11.6. The maximum Gasteiger partial charge on any atom is 0.241 e. The van der Waals surface area contributed by atoms with Crippen LogP contribution in [0.1, 0.15) is 12.5 Å². The van der Waals surface area contributed by atoms with Crippen molar-refractivity contribution in [3.63, 3.8) is 0 Å². The second kappa shape index (κ2) is 6.12. The number of pyridine rings is 1. The third kappa shape index (κ3) is 3.30. The van der Waals surface area contributed by atoms with Crippen molar-refractivity contribution in [3.05, 3.63) is 30.1 Å². The fourth-order valence-electron chi connectivity index (χ4n) is 2.68. The summed E-state index contributed by atoms with van der Waals surface area (Å²) >= 11 is 0. The summed E-state index contributed by atoms with van der Waals surface area (Å²) in [5.74, 6) is 0.570. The molecule has 1 aliphatic heterocycles. The molecule has 2 heterocycles. The van der Waals surface area contributed by atoms with Crippen LogP contribution in [-0.4, -0.2) is 53.4 Å². The largest absolute Gasteiger partial charge is 0.337 e. The maximum atomic E-state index is 12.5. The lowest BCUT2D eigenvalue weighted by atomic mass is 10.1. The smallest absolute Gasteiger partial charge is 0.241 e. The summed E-state index contributed by atoms with van der Waals surface area (Å²) in [5, 5.41) is 0. The first-order chi connectivity index (χ1) is 9.11. The summed E-state index contributed by atoms with van der Waals surface area (Å²) in [4.78, 5) is 20.6. The highest BCUT2D eigenvalue weighted by Crippen LogP contribution is 2.16. The molecular weight excluding hydrogens is 240 g/mol. The van der Waals surface area contributed by atoms with Crippen molar-refractivity contribution in [2.75, 3.05) is 26.7 Å². The van der Waals surface area contributed by atoms with Gasteiger partial charge in [-0.3, -0.25) is 14.7 Å². The van der Waals surface area contributed by atoms with E-state index in [0.29, 0.717) is 19.0 Å². The molecule has 0 aromatic carbocycles. The van der Waals surface area contributed by atoms with Crippen LogP contribution in [0.15, 0.2) is 24.5 Å². The number of aromatic nitrogens is 1. The van der Waals surface area contributed by atoms with Gasteiger partial charge in [0.05, 0.1) is 0 Å². The Bertz CT molecular complexity index is 423. The highest BCUT2D eigenvalue weighted by Gasteiger charge is 2.32. The Labute approximate surface area is 114 Å². The van der Waals surface area contributed by atoms with Gasteiger partial charge in [0.1, 0.15) is 6.04 Å². The lowest BCUT2D eigenvalue weighted by Gasteiger charge is -2.27. The van der Waals surface area contributed by atoms with Gasteiger partial charge in [0.2, 0.25) is 5.91 Å². The first kappa shape index (κ1) is 14.0. The van der Waals surface area contributed by atoms with Crippen molar-refractivity contribution >= 4 is 5.91 Å². The molecule has 1 aromatic heterocycles. The molecule has 19 heavy (non-hydrogen) atoms. The van der Waals surface area contributed by atoms with E-state index in [9.17, 15) is 4.79 Å². The molecule has 2 N–H and O–H groups in total. The summed E-state index contributed by atoms with van der Waals surface area (Å²) in [6, 6.07) is 3.69. The third-order valence-corrected chi connectivity index (χ3v) is 3.58. The number of rotatable bonds is 3. The number of nitrogens with zero attached hydrogens (tertiary/aromatic N) is 3. The molecule has 0 aliphatic carbocycles. The van der Waals surface area contributed by atoms with Crippen molar-refractivity contribution in [2.24, 2.45) is 11.7 Å². The summed E-state index contributed by atoms with van der Waals surface area (Å²) in [5.41, 5.74) is 6.81. The first-order valence-corrected chi connectivity index (χ1v) is 6.69. The number of hydrogen-bond donors (Lipinski definition) is 1. The van der Waals surface area contributed by atoms with E-state index in [1.54, 1.807) is 6.20 Å². The first-order valence-electron chi connectivity index (χ1n) is 6.69. The predicted octanol–water partition coefficient (Wildman–Crippen LogP) is 0.319. The van der Waals surface area contributed by atoms with Gasteiger partial charge in [0, 0.05) is 38.6 Å². The Hall–Kier alpha value is -1.46. The minimum atomic E-state index is -0.207. The Morgan fingerprint density at radius 3 is 2.89 bits per heavy atom. The van der Waals surface area contributed by atoms with E-state index in [0.717, 1.165) is 18.7 Å². The van der Waals surface area contributed by atoms with Gasteiger partial charge >= 0.3 is 0 Å². The van der Waals surface area contributed by atoms with Gasteiger partial charge in [-0.25, -0.2) is 0 Å². The number of hydrogen-bond acceptors (Lipinski definition) is 4. The van der Waals surface area contributed by atoms with E-state index in [4.69, 9.17) is 5.73 Å². The Morgan fingerprint density at radius 2 is 2.26 bits per heavy atom. The Balaban J connectivity index is 2.15. The fraction of sp³-hybridized carbons (Fsp3) is 0.571. The topological polar surface area (TPSA) is 62.5 Å². The average molecular weight is 262 g/mol. The average Bonchev–Trinajstić information content (AvgIpc) is 2.48. The minimum absolute atomic E-state index is 0.123. The number of carbonyl (C=O) groups is 1. The lowest BCUT2D eigenvalue weighted by molar-refractivity contribution is -0.135. The number of nitrogens with two attached hydrogens (primary N) is 1. The van der Waals surface area contributed by atoms with Crippen LogP contribution >= 0.6 is 0 Å². The molecule has 1 aromatic rings. The molecule has 0 bridgehead atoms. The molecule has 1 aliphatic rings. The van der Waals surface area contributed by atoms with E-state index in [-0.39, 0.29) is 11.9 Å². The molecule has 1 saturated heterocycles. The van der Waals surface area contributed by atoms with Crippen molar-refractivity contribution < 1.29 is 4.79 Å². The molecule has 2 atom stereocenters. The van der Waals surface area contributed by atoms with Gasteiger partial charge in [-0.15, -0.1) is 0 Å². The van der Waals surface area contributed by atoms with E-state index in [1.807, 2.05) is 30.3 Å². The van der Waals surface area contributed by atoms with Gasteiger partial charge in [0.25, 0.3) is 0 Å². The van der Waals surface area contributed by atoms with Crippen LogP contribution in [0.25, 0.3) is 0 Å². The van der Waals surface area contributed by atoms with Crippen molar-refractivity contribution in [1.29, 1.82) is 0 Å². The summed E-state index contributed by atoms with van der Waals surface area (Å²) in [7, 11) is 1.97. The Kier molecular flexibility index (Phi) is 4.50. The van der Waals surface area contributed by atoms with E-state index in [1.165, 1.54) is 0 Å². The summed E-state index contributed by atoms with van der Waals surface area (Å²) < 4.78 is 0. The number of likely N-dealkylation sites (N-methyl/N-ethyl adjacent to an activating group) is 1. The standard InChI is InChI=1S/C14H22N4O/c1-11-8-17(2)13(6-15)14(19)18(9-11)10-12-4-3-5-16-7-12/h3-5,7,11,13H,6,8-10,15H2,1-2H3. The molecule has 2 unspecified atom stereocenters. The van der Waals surface area contributed by atoms with Gasteiger partial charge < -0.3 is 10.6 Å². The van der Waals surface area contributed by atoms with Gasteiger partial charge in [-0.1, -0.05) is 13.0 Å². The minimum Gasteiger partial charge on any atom is -0.337 e. The van der Waals surface area contributed by atoms with Crippen molar-refractivity contribution in [2.45, 2.75) is 19.5 Å². The zero-order valence-electron chi connectivity index (χ0n) is 11.6. The Morgan fingerprint density at radius 1 is 1.47 bits per heavy atom. The van der Waals surface area contributed by atoms with Crippen LogP contribution < -0.4 is 5.73 Å². The van der Waals surface area contributed by atoms with E-state index < -0.39 is 0 Å². The van der Waals surface area contributed by atoms with Crippen LogP contribution in [0.2, 0.25) is 0 Å². The molecular formula is C14H22N4O. The molecule has 0 saturated carbocycles. The quantitative estimate of drug-likeness (QED) is 0.852. The molecule has 5 nitrogen and oxygen atoms in total. The van der Waals surface area contributed by atoms with Crippen LogP contribution in [-0.2, 0) is 11.3 Å². The number of carbonyl (C=O) groups excluding carboxylic acids is 1. The van der Waals surface area contributed by atoms with Crippen molar-refractivity contribution in [1.82, 2.24) is 14.8 Å². The predicted molar refractivity (Wildman–Crippen MR) is 74.3 cm³/mol. The van der Waals surface area contributed by atoms with Crippen LogP contribution in [0, 0.1) is 5.92 Å². The molecule has 104 valence electrons. The molecule has 0 spiro atoms. The second-order valence-corrected chi connectivity index (χ2v) is 5.38. The summed E-state index contributed by atoms with van der Waals surface area (Å²) in [6.07, 6.45) is 3.55. The molecule has 0 radical (unpaired) electrons. The highest BCUT2D eigenvalue weighted by molar-refractivity contribution is 5.82. The van der Waals surface area contributed by atoms with E-state index in [2.05, 4.69) is 16.8 Å². The fourth-order valence-corrected chi connectivity index (χ4v) is 2.68. The molecule has 1 fully saturated rings. The van der Waals surface area contributed by atoms with Crippen LogP contribution in [0.4, 0.5) is 0 Å². The molecule has 1 amide bonds. The maximum absolute atomic E-state index is 12.5. The van der Waals surface area contributed by atoms with E-state index >= 15 is 0 Å². The lowest BCUT2D eigenvalue weighted by Crippen LogP contribution is -2.48. The van der Waals surface area contributed by atoms with Crippen molar-refractivity contribution in [3.8, 4) is 0 Å². The SMILES string of the molecule is CC1CN(Cc2cccnc2)C(=O)C(CN)N(C)C1. The monoisotopic (exact) mass is 262 g/mol. The number of amides is 1. The summed E-state index contributed by atoms with van der Waals surface area (Å²) in [6.45, 7) is 4.82. The molecule has 2 rings (SSSR count). The van der Waals surface area contributed by atoms with Gasteiger partial charge in [0.15, 0.2) is 0 Å². The van der Waals surface area contributed by atoms with Gasteiger partial charge in [-0.2, -0.15) is 0 Å². The zero-order chi connectivity index (χ0) is 13.8.